The second-order valence-electron chi connectivity index (χ2n) is 7.07. The maximum Gasteiger partial charge on any atom is 0.325 e. The van der Waals surface area contributed by atoms with Crippen molar-refractivity contribution in [1.29, 1.82) is 0 Å². The first-order chi connectivity index (χ1) is 11.9. The second kappa shape index (κ2) is 5.40. The van der Waals surface area contributed by atoms with E-state index in [1.807, 2.05) is 32.0 Å². The third-order valence-corrected chi connectivity index (χ3v) is 5.07. The lowest BCUT2D eigenvalue weighted by Gasteiger charge is -2.23. The zero-order valence-corrected chi connectivity index (χ0v) is 14.5. The number of benzene rings is 1. The molecular weight excluding hydrogens is 320 g/mol. The van der Waals surface area contributed by atoms with Crippen molar-refractivity contribution in [2.45, 2.75) is 51.6 Å². The summed E-state index contributed by atoms with van der Waals surface area (Å²) in [6, 6.07) is 5.34. The molecule has 130 valence electrons. The molecule has 2 aromatic rings. The maximum atomic E-state index is 12.9. The van der Waals surface area contributed by atoms with Gasteiger partial charge in [-0.1, -0.05) is 23.4 Å². The van der Waals surface area contributed by atoms with Gasteiger partial charge in [0.15, 0.2) is 5.82 Å². The van der Waals surface area contributed by atoms with E-state index in [2.05, 4.69) is 15.5 Å². The molecule has 1 saturated carbocycles. The molecule has 2 fully saturated rings. The molecule has 0 spiro atoms. The third-order valence-electron chi connectivity index (χ3n) is 5.07. The second-order valence-corrected chi connectivity index (χ2v) is 7.07. The zero-order chi connectivity index (χ0) is 17.8. The van der Waals surface area contributed by atoms with Crippen molar-refractivity contribution >= 4 is 11.9 Å². The van der Waals surface area contributed by atoms with E-state index >= 15 is 0 Å². The molecule has 1 aliphatic carbocycles. The van der Waals surface area contributed by atoms with Crippen molar-refractivity contribution in [3.8, 4) is 0 Å². The Hall–Kier alpha value is -2.70. The van der Waals surface area contributed by atoms with Gasteiger partial charge in [-0.05, 0) is 50.3 Å². The van der Waals surface area contributed by atoms with Gasteiger partial charge in [-0.2, -0.15) is 4.98 Å². The maximum absolute atomic E-state index is 12.9. The van der Waals surface area contributed by atoms with Gasteiger partial charge in [0.25, 0.3) is 5.91 Å². The molecule has 0 radical (unpaired) electrons. The lowest BCUT2D eigenvalue weighted by Crippen LogP contribution is -2.41. The number of imide groups is 1. The molecule has 3 amide bonds. The van der Waals surface area contributed by atoms with Gasteiger partial charge >= 0.3 is 6.03 Å². The zero-order valence-electron chi connectivity index (χ0n) is 14.5. The lowest BCUT2D eigenvalue weighted by atomic mass is 9.90. The van der Waals surface area contributed by atoms with E-state index in [1.165, 1.54) is 0 Å². The van der Waals surface area contributed by atoms with Crippen LogP contribution in [0.5, 0.6) is 0 Å². The number of urea groups is 1. The van der Waals surface area contributed by atoms with Crippen LogP contribution in [0, 0.1) is 13.8 Å². The summed E-state index contributed by atoms with van der Waals surface area (Å²) in [4.78, 5) is 30.8. The molecule has 7 nitrogen and oxygen atoms in total. The highest BCUT2D eigenvalue weighted by molar-refractivity contribution is 6.07. The van der Waals surface area contributed by atoms with Crippen LogP contribution in [-0.4, -0.2) is 27.0 Å². The summed E-state index contributed by atoms with van der Waals surface area (Å²) < 4.78 is 5.20. The molecule has 1 unspecified atom stereocenters. The van der Waals surface area contributed by atoms with E-state index in [0.29, 0.717) is 17.6 Å². The Balaban J connectivity index is 1.58. The van der Waals surface area contributed by atoms with E-state index in [1.54, 1.807) is 6.92 Å². The van der Waals surface area contributed by atoms with E-state index < -0.39 is 11.6 Å². The van der Waals surface area contributed by atoms with Crippen molar-refractivity contribution < 1.29 is 14.1 Å². The van der Waals surface area contributed by atoms with Crippen LogP contribution in [0.3, 0.4) is 0 Å². The summed E-state index contributed by atoms with van der Waals surface area (Å²) in [5, 5.41) is 6.70. The Labute approximate surface area is 145 Å². The highest BCUT2D eigenvalue weighted by Gasteiger charge is 2.49. The van der Waals surface area contributed by atoms with Gasteiger partial charge in [0.05, 0.1) is 6.54 Å². The quantitative estimate of drug-likeness (QED) is 0.864. The number of amides is 3. The molecule has 4 rings (SSSR count). The summed E-state index contributed by atoms with van der Waals surface area (Å²) in [6.45, 7) is 5.74. The molecule has 25 heavy (non-hydrogen) atoms. The number of hydrogen-bond acceptors (Lipinski definition) is 5. The number of carbonyl (C=O) groups excluding carboxylic acids is 2. The molecule has 2 heterocycles. The van der Waals surface area contributed by atoms with Gasteiger partial charge in [0.2, 0.25) is 5.89 Å². The molecule has 1 aliphatic heterocycles. The van der Waals surface area contributed by atoms with Crippen LogP contribution in [0.15, 0.2) is 22.7 Å². The van der Waals surface area contributed by atoms with Crippen LogP contribution in [0.1, 0.15) is 54.1 Å². The first kappa shape index (κ1) is 15.8. The molecule has 0 bridgehead atoms. The Morgan fingerprint density at radius 3 is 2.72 bits per heavy atom. The normalized spacial score (nSPS) is 23.2. The standard InChI is InChI=1S/C18H20N4O3/c1-10-4-7-13(8-11(10)2)18(3)16(23)22(17(24)20-18)9-14-19-15(25-21-14)12-5-6-12/h4,7-8,12H,5-6,9H2,1-3H3,(H,20,24). The number of aryl methyl sites for hydroxylation is 2. The smallest absolute Gasteiger partial charge is 0.325 e. The lowest BCUT2D eigenvalue weighted by molar-refractivity contribution is -0.131. The van der Waals surface area contributed by atoms with E-state index in [4.69, 9.17) is 4.52 Å². The number of nitrogens with zero attached hydrogens (tertiary/aromatic N) is 3. The number of carbonyl (C=O) groups is 2. The number of aromatic nitrogens is 2. The molecule has 1 saturated heterocycles. The SMILES string of the molecule is Cc1ccc(C2(C)NC(=O)N(Cc3noc(C4CC4)n3)C2=O)cc1C. The van der Waals surface area contributed by atoms with Gasteiger partial charge in [0.1, 0.15) is 5.54 Å². The molecule has 7 heteroatoms. The van der Waals surface area contributed by atoms with Crippen LogP contribution < -0.4 is 5.32 Å². The molecule has 1 N–H and O–H groups in total. The van der Waals surface area contributed by atoms with Crippen LogP contribution in [0.25, 0.3) is 0 Å². The summed E-state index contributed by atoms with van der Waals surface area (Å²) in [5.74, 6) is 0.984. The Bertz CT molecular complexity index is 871. The average Bonchev–Trinajstić information content (AvgIpc) is 3.28. The van der Waals surface area contributed by atoms with Gasteiger partial charge in [-0.15, -0.1) is 0 Å². The first-order valence-electron chi connectivity index (χ1n) is 8.43. The van der Waals surface area contributed by atoms with Gasteiger partial charge in [-0.25, -0.2) is 4.79 Å². The van der Waals surface area contributed by atoms with Crippen molar-refractivity contribution in [2.24, 2.45) is 0 Å². The minimum absolute atomic E-state index is 0.0152. The molecule has 2 aliphatic rings. The topological polar surface area (TPSA) is 88.3 Å². The predicted molar refractivity (Wildman–Crippen MR) is 88.6 cm³/mol. The highest BCUT2D eigenvalue weighted by atomic mass is 16.5. The van der Waals surface area contributed by atoms with Gasteiger partial charge in [0, 0.05) is 5.92 Å². The van der Waals surface area contributed by atoms with Crippen molar-refractivity contribution in [2.75, 3.05) is 0 Å². The predicted octanol–water partition coefficient (Wildman–Crippen LogP) is 2.53. The highest BCUT2D eigenvalue weighted by Crippen LogP contribution is 2.39. The number of rotatable bonds is 4. The summed E-state index contributed by atoms with van der Waals surface area (Å²) >= 11 is 0. The minimum Gasteiger partial charge on any atom is -0.339 e. The van der Waals surface area contributed by atoms with E-state index in [-0.39, 0.29) is 12.5 Å². The first-order valence-corrected chi connectivity index (χ1v) is 8.43. The molecular formula is C18H20N4O3. The largest absolute Gasteiger partial charge is 0.339 e. The fraction of sp³-hybridized carbons (Fsp3) is 0.444. The van der Waals surface area contributed by atoms with Crippen molar-refractivity contribution in [3.63, 3.8) is 0 Å². The molecule has 1 aromatic heterocycles. The Morgan fingerprint density at radius 2 is 2.04 bits per heavy atom. The molecule has 1 atom stereocenters. The Kier molecular flexibility index (Phi) is 3.42. The van der Waals surface area contributed by atoms with Crippen LogP contribution in [0.4, 0.5) is 4.79 Å². The monoisotopic (exact) mass is 340 g/mol. The fourth-order valence-corrected chi connectivity index (χ4v) is 3.06. The fourth-order valence-electron chi connectivity index (χ4n) is 3.06. The number of hydrogen-bond donors (Lipinski definition) is 1. The Morgan fingerprint density at radius 1 is 1.28 bits per heavy atom. The van der Waals surface area contributed by atoms with Crippen molar-refractivity contribution in [3.05, 3.63) is 46.6 Å². The average molecular weight is 340 g/mol. The van der Waals surface area contributed by atoms with Crippen LogP contribution in [-0.2, 0) is 16.9 Å². The van der Waals surface area contributed by atoms with Gasteiger partial charge in [-0.3, -0.25) is 9.69 Å². The van der Waals surface area contributed by atoms with E-state index in [9.17, 15) is 9.59 Å². The third kappa shape index (κ3) is 2.59. The molecule has 1 aromatic carbocycles. The van der Waals surface area contributed by atoms with E-state index in [0.717, 1.165) is 34.4 Å². The van der Waals surface area contributed by atoms with Crippen LogP contribution in [0.2, 0.25) is 0 Å². The summed E-state index contributed by atoms with van der Waals surface area (Å²) in [5.41, 5.74) is 1.90. The number of nitrogens with one attached hydrogen (secondary N) is 1. The van der Waals surface area contributed by atoms with Crippen LogP contribution >= 0.6 is 0 Å². The van der Waals surface area contributed by atoms with Gasteiger partial charge < -0.3 is 9.84 Å². The van der Waals surface area contributed by atoms with Crippen molar-refractivity contribution in [1.82, 2.24) is 20.4 Å². The summed E-state index contributed by atoms with van der Waals surface area (Å²) in [6.07, 6.45) is 2.10. The minimum atomic E-state index is -1.08. The summed E-state index contributed by atoms with van der Waals surface area (Å²) in [7, 11) is 0.